The Labute approximate surface area is 180 Å². The van der Waals surface area contributed by atoms with Crippen molar-refractivity contribution in [1.82, 2.24) is 14.8 Å². The number of halogens is 1. The minimum atomic E-state index is -0.161. The van der Waals surface area contributed by atoms with Gasteiger partial charge in [0.15, 0.2) is 0 Å². The Morgan fingerprint density at radius 1 is 1.07 bits per heavy atom. The van der Waals surface area contributed by atoms with Crippen molar-refractivity contribution in [3.05, 3.63) is 44.9 Å². The number of hydrogen-bond acceptors (Lipinski definition) is 4. The van der Waals surface area contributed by atoms with Crippen molar-refractivity contribution in [2.24, 2.45) is 0 Å². The molecular weight excluding hydrogens is 408 g/mol. The highest BCUT2D eigenvalue weighted by Gasteiger charge is 2.28. The van der Waals surface area contributed by atoms with Crippen LogP contribution in [-0.2, 0) is 5.41 Å². The van der Waals surface area contributed by atoms with Crippen LogP contribution in [0.15, 0.2) is 24.3 Å². The van der Waals surface area contributed by atoms with E-state index in [2.05, 4.69) is 31.1 Å². The first-order chi connectivity index (χ1) is 13.6. The summed E-state index contributed by atoms with van der Waals surface area (Å²) in [4.78, 5) is 34.6. The maximum atomic E-state index is 13.1. The van der Waals surface area contributed by atoms with Crippen LogP contribution in [0.2, 0.25) is 5.02 Å². The fourth-order valence-electron chi connectivity index (χ4n) is 3.12. The van der Waals surface area contributed by atoms with Gasteiger partial charge in [-0.25, -0.2) is 9.78 Å². The van der Waals surface area contributed by atoms with E-state index in [0.29, 0.717) is 41.8 Å². The van der Waals surface area contributed by atoms with E-state index in [9.17, 15) is 9.59 Å². The highest BCUT2D eigenvalue weighted by Crippen LogP contribution is 2.30. The lowest BCUT2D eigenvalue weighted by molar-refractivity contribution is 0.0766. The number of nitrogens with one attached hydrogen (secondary N) is 1. The third-order valence-corrected chi connectivity index (χ3v) is 6.62. The smallest absolute Gasteiger partial charge is 0.321 e. The molecule has 0 atom stereocenters. The summed E-state index contributed by atoms with van der Waals surface area (Å²) in [7, 11) is 0. The highest BCUT2D eigenvalue weighted by atomic mass is 35.5. The first-order valence-corrected chi connectivity index (χ1v) is 10.9. The van der Waals surface area contributed by atoms with Crippen LogP contribution >= 0.6 is 22.9 Å². The van der Waals surface area contributed by atoms with Crippen molar-refractivity contribution in [3.63, 3.8) is 0 Å². The lowest BCUT2D eigenvalue weighted by Crippen LogP contribution is -2.39. The Morgan fingerprint density at radius 2 is 1.69 bits per heavy atom. The molecule has 2 heterocycles. The summed E-state index contributed by atoms with van der Waals surface area (Å²) in [6, 6.07) is 6.86. The Bertz CT molecular complexity index is 889. The number of anilines is 1. The average molecular weight is 435 g/mol. The summed E-state index contributed by atoms with van der Waals surface area (Å²) in [6.07, 6.45) is 0.740. The molecule has 6 nitrogen and oxygen atoms in total. The van der Waals surface area contributed by atoms with Crippen LogP contribution < -0.4 is 5.32 Å². The third-order valence-electron chi connectivity index (χ3n) is 4.80. The van der Waals surface area contributed by atoms with E-state index in [1.807, 2.05) is 11.8 Å². The van der Waals surface area contributed by atoms with Crippen molar-refractivity contribution in [2.75, 3.05) is 31.5 Å². The average Bonchev–Trinajstić information content (AvgIpc) is 2.89. The third kappa shape index (κ3) is 5.28. The Kier molecular flexibility index (Phi) is 6.49. The van der Waals surface area contributed by atoms with Crippen LogP contribution in [-0.4, -0.2) is 52.9 Å². The summed E-state index contributed by atoms with van der Waals surface area (Å²) in [5, 5.41) is 4.48. The van der Waals surface area contributed by atoms with Crippen molar-refractivity contribution in [2.45, 2.75) is 39.5 Å². The largest absolute Gasteiger partial charge is 0.336 e. The lowest BCUT2D eigenvalue weighted by atomic mass is 9.98. The molecule has 8 heteroatoms. The van der Waals surface area contributed by atoms with Crippen molar-refractivity contribution in [3.8, 4) is 0 Å². The molecule has 3 amide bonds. The quantitative estimate of drug-likeness (QED) is 0.739. The van der Waals surface area contributed by atoms with E-state index >= 15 is 0 Å². The molecule has 0 bridgehead atoms. The van der Waals surface area contributed by atoms with Gasteiger partial charge in [-0.1, -0.05) is 32.4 Å². The predicted octanol–water partition coefficient (Wildman–Crippen LogP) is 4.78. The van der Waals surface area contributed by atoms with Gasteiger partial charge in [-0.15, -0.1) is 11.3 Å². The number of amides is 3. The van der Waals surface area contributed by atoms with Crippen molar-refractivity contribution >= 4 is 40.6 Å². The zero-order valence-corrected chi connectivity index (χ0v) is 18.9. The first kappa shape index (κ1) is 21.6. The van der Waals surface area contributed by atoms with Crippen LogP contribution in [0.25, 0.3) is 0 Å². The minimum Gasteiger partial charge on any atom is -0.336 e. The number of carbonyl (C=O) groups is 2. The zero-order chi connectivity index (χ0) is 21.2. The van der Waals surface area contributed by atoms with Gasteiger partial charge in [0.1, 0.15) is 4.88 Å². The van der Waals surface area contributed by atoms with E-state index < -0.39 is 0 Å². The molecule has 29 heavy (non-hydrogen) atoms. The van der Waals surface area contributed by atoms with Gasteiger partial charge >= 0.3 is 6.03 Å². The maximum absolute atomic E-state index is 13.1. The molecule has 1 saturated heterocycles. The number of benzene rings is 1. The normalized spacial score (nSPS) is 15.2. The molecule has 1 aromatic carbocycles. The standard InChI is InChI=1S/C21H27ClN4O2S/c1-14-17(29-19(23-14)21(2,3)4)18(27)25-10-5-11-26(13-12-25)20(28)24-16-8-6-15(22)7-9-16/h6-9H,5,10-13H2,1-4H3,(H,24,28). The van der Waals surface area contributed by atoms with Gasteiger partial charge in [-0.3, -0.25) is 4.79 Å². The second-order valence-corrected chi connectivity index (χ2v) is 9.69. The second-order valence-electron chi connectivity index (χ2n) is 8.25. The minimum absolute atomic E-state index is 0.00968. The molecule has 0 radical (unpaired) electrons. The summed E-state index contributed by atoms with van der Waals surface area (Å²) in [6.45, 7) is 10.4. The molecule has 0 saturated carbocycles. The fraction of sp³-hybridized carbons (Fsp3) is 0.476. The Morgan fingerprint density at radius 3 is 2.31 bits per heavy atom. The van der Waals surface area contributed by atoms with E-state index in [4.69, 9.17) is 11.6 Å². The molecule has 1 aliphatic heterocycles. The number of rotatable bonds is 2. The molecule has 2 aromatic rings. The molecule has 0 spiro atoms. The van der Waals surface area contributed by atoms with Gasteiger partial charge in [0.05, 0.1) is 10.7 Å². The van der Waals surface area contributed by atoms with Crippen LogP contribution in [0.5, 0.6) is 0 Å². The molecule has 3 rings (SSSR count). The SMILES string of the molecule is Cc1nc(C(C)(C)C)sc1C(=O)N1CCCN(C(=O)Nc2ccc(Cl)cc2)CC1. The van der Waals surface area contributed by atoms with Gasteiger partial charge in [0, 0.05) is 42.3 Å². The topological polar surface area (TPSA) is 65.5 Å². The first-order valence-electron chi connectivity index (χ1n) is 9.74. The Hall–Kier alpha value is -2.12. The highest BCUT2D eigenvalue weighted by molar-refractivity contribution is 7.14. The van der Waals surface area contributed by atoms with Gasteiger partial charge in [0.25, 0.3) is 5.91 Å². The lowest BCUT2D eigenvalue weighted by Gasteiger charge is -2.22. The number of aryl methyl sites for hydroxylation is 1. The maximum Gasteiger partial charge on any atom is 0.321 e. The van der Waals surface area contributed by atoms with E-state index in [1.165, 1.54) is 11.3 Å². The van der Waals surface area contributed by atoms with Crippen LogP contribution in [0, 0.1) is 6.92 Å². The van der Waals surface area contributed by atoms with Gasteiger partial charge in [0.2, 0.25) is 0 Å². The molecule has 156 valence electrons. The summed E-state index contributed by atoms with van der Waals surface area (Å²) >= 11 is 7.37. The number of hydrogen-bond donors (Lipinski definition) is 1. The molecule has 1 N–H and O–H groups in total. The second kappa shape index (κ2) is 8.71. The summed E-state index contributed by atoms with van der Waals surface area (Å²) in [5.74, 6) is 0.00968. The molecule has 1 aromatic heterocycles. The number of aromatic nitrogens is 1. The van der Waals surface area contributed by atoms with Crippen LogP contribution in [0.1, 0.15) is 47.6 Å². The monoisotopic (exact) mass is 434 g/mol. The molecule has 1 fully saturated rings. The summed E-state index contributed by atoms with van der Waals surface area (Å²) in [5.41, 5.74) is 1.40. The number of urea groups is 1. The van der Waals surface area contributed by atoms with Crippen molar-refractivity contribution in [1.29, 1.82) is 0 Å². The van der Waals surface area contributed by atoms with Gasteiger partial charge in [-0.2, -0.15) is 0 Å². The fourth-order valence-corrected chi connectivity index (χ4v) is 4.34. The van der Waals surface area contributed by atoms with E-state index in [0.717, 1.165) is 17.1 Å². The number of thiazole rings is 1. The van der Waals surface area contributed by atoms with E-state index in [-0.39, 0.29) is 17.4 Å². The predicted molar refractivity (Wildman–Crippen MR) is 118 cm³/mol. The van der Waals surface area contributed by atoms with Crippen molar-refractivity contribution < 1.29 is 9.59 Å². The zero-order valence-electron chi connectivity index (χ0n) is 17.3. The van der Waals surface area contributed by atoms with Crippen LogP contribution in [0.3, 0.4) is 0 Å². The molecule has 1 aliphatic rings. The van der Waals surface area contributed by atoms with Gasteiger partial charge in [-0.05, 0) is 37.6 Å². The molecular formula is C21H27ClN4O2S. The van der Waals surface area contributed by atoms with E-state index in [1.54, 1.807) is 29.2 Å². The molecule has 0 aliphatic carbocycles. The number of nitrogens with zero attached hydrogens (tertiary/aromatic N) is 3. The summed E-state index contributed by atoms with van der Waals surface area (Å²) < 4.78 is 0. The Balaban J connectivity index is 1.63. The number of carbonyl (C=O) groups excluding carboxylic acids is 2. The molecule has 0 unspecified atom stereocenters. The van der Waals surface area contributed by atoms with Crippen LogP contribution in [0.4, 0.5) is 10.5 Å². The van der Waals surface area contributed by atoms with Gasteiger partial charge < -0.3 is 15.1 Å².